The highest BCUT2D eigenvalue weighted by molar-refractivity contribution is 7.15. The molecule has 4 heterocycles. The summed E-state index contributed by atoms with van der Waals surface area (Å²) in [7, 11) is 0. The Kier molecular flexibility index (Phi) is 4.45. The molecule has 28 heavy (non-hydrogen) atoms. The van der Waals surface area contributed by atoms with Crippen LogP contribution in [-0.4, -0.2) is 18.8 Å². The lowest BCUT2D eigenvalue weighted by atomic mass is 9.83. The number of fused-ring (bicyclic) bond motifs is 2. The highest BCUT2D eigenvalue weighted by atomic mass is 32.1. The summed E-state index contributed by atoms with van der Waals surface area (Å²) in [6.07, 6.45) is 4.24. The summed E-state index contributed by atoms with van der Waals surface area (Å²) in [4.78, 5) is 10.9. The van der Waals surface area contributed by atoms with Gasteiger partial charge in [-0.05, 0) is 31.6 Å². The number of aromatic nitrogens is 4. The minimum atomic E-state index is -0.349. The highest BCUT2D eigenvalue weighted by Crippen LogP contribution is 2.39. The van der Waals surface area contributed by atoms with Gasteiger partial charge in [0.15, 0.2) is 4.96 Å². The molecule has 4 aromatic rings. The summed E-state index contributed by atoms with van der Waals surface area (Å²) in [6, 6.07) is 0. The van der Waals surface area contributed by atoms with Gasteiger partial charge in [-0.2, -0.15) is 4.98 Å². The van der Waals surface area contributed by atoms with E-state index in [0.717, 1.165) is 22.1 Å². The predicted molar refractivity (Wildman–Crippen MR) is 115 cm³/mol. The number of hydrogen-bond acceptors (Lipinski definition) is 4. The molecule has 0 amide bonds. The zero-order valence-corrected chi connectivity index (χ0v) is 18.9. The van der Waals surface area contributed by atoms with E-state index in [1.165, 1.54) is 11.4 Å². The van der Waals surface area contributed by atoms with Gasteiger partial charge in [0.1, 0.15) is 5.76 Å². The maximum atomic E-state index is 6.32. The van der Waals surface area contributed by atoms with Crippen LogP contribution in [0.15, 0.2) is 22.2 Å². The van der Waals surface area contributed by atoms with E-state index in [1.807, 2.05) is 0 Å². The van der Waals surface area contributed by atoms with Crippen LogP contribution >= 0.6 is 11.3 Å². The molecule has 0 saturated heterocycles. The molecule has 0 unspecified atom stereocenters. The molecule has 4 aromatic heterocycles. The van der Waals surface area contributed by atoms with Gasteiger partial charge in [-0.25, -0.2) is 4.98 Å². The fourth-order valence-electron chi connectivity index (χ4n) is 4.10. The molecule has 0 atom stereocenters. The second-order valence-corrected chi connectivity index (χ2v) is 9.99. The average Bonchev–Trinajstić information content (AvgIpc) is 3.31. The molecular formula is C22H30N4OS. The lowest BCUT2D eigenvalue weighted by molar-refractivity contribution is 0.437. The van der Waals surface area contributed by atoms with Crippen molar-refractivity contribution in [1.29, 1.82) is 0 Å². The number of thiazole rings is 1. The van der Waals surface area contributed by atoms with Crippen LogP contribution < -0.4 is 0 Å². The topological polar surface area (TPSA) is 47.7 Å². The van der Waals surface area contributed by atoms with Gasteiger partial charge >= 0.3 is 5.84 Å². The number of nitrogens with zero attached hydrogens (tertiary/aromatic N) is 4. The molecule has 0 aliphatic heterocycles. The van der Waals surface area contributed by atoms with Crippen LogP contribution in [0.3, 0.4) is 0 Å². The number of oxazole rings is 1. The number of imidazole rings is 2. The van der Waals surface area contributed by atoms with Crippen LogP contribution in [0.2, 0.25) is 0 Å². The Morgan fingerprint density at radius 2 is 1.61 bits per heavy atom. The van der Waals surface area contributed by atoms with Crippen LogP contribution in [0.25, 0.3) is 10.8 Å². The molecule has 0 aromatic carbocycles. The Labute approximate surface area is 170 Å². The molecule has 0 fully saturated rings. The van der Waals surface area contributed by atoms with Gasteiger partial charge in [0.2, 0.25) is 0 Å². The SMILES string of the molecule is CC(C)c1nc2oc(C(C)(C)c3nc4sccn4c3C(C)C)cn2c1C(C)C. The van der Waals surface area contributed by atoms with Crippen LogP contribution in [-0.2, 0) is 5.41 Å². The summed E-state index contributed by atoms with van der Waals surface area (Å²) in [6.45, 7) is 17.6. The normalized spacial score (nSPS) is 13.2. The van der Waals surface area contributed by atoms with Gasteiger partial charge in [-0.15, -0.1) is 11.3 Å². The van der Waals surface area contributed by atoms with Crippen molar-refractivity contribution in [2.75, 3.05) is 0 Å². The molecule has 0 bridgehead atoms. The van der Waals surface area contributed by atoms with E-state index >= 15 is 0 Å². The van der Waals surface area contributed by atoms with Gasteiger partial charge in [0, 0.05) is 11.6 Å². The Morgan fingerprint density at radius 1 is 0.929 bits per heavy atom. The van der Waals surface area contributed by atoms with E-state index in [4.69, 9.17) is 14.4 Å². The highest BCUT2D eigenvalue weighted by Gasteiger charge is 2.35. The maximum absolute atomic E-state index is 6.32. The Balaban J connectivity index is 1.90. The van der Waals surface area contributed by atoms with Crippen molar-refractivity contribution < 1.29 is 4.42 Å². The van der Waals surface area contributed by atoms with Crippen LogP contribution in [0.1, 0.15) is 102 Å². The third-order valence-electron chi connectivity index (χ3n) is 5.54. The molecular weight excluding hydrogens is 368 g/mol. The maximum Gasteiger partial charge on any atom is 0.306 e. The summed E-state index contributed by atoms with van der Waals surface area (Å²) in [5.41, 5.74) is 4.36. The summed E-state index contributed by atoms with van der Waals surface area (Å²) in [5, 5.41) is 2.09. The molecule has 0 radical (unpaired) electrons. The monoisotopic (exact) mass is 398 g/mol. The van der Waals surface area contributed by atoms with E-state index in [1.54, 1.807) is 11.3 Å². The smallest absolute Gasteiger partial charge is 0.306 e. The molecule has 6 heteroatoms. The van der Waals surface area contributed by atoms with Crippen molar-refractivity contribution in [2.24, 2.45) is 0 Å². The van der Waals surface area contributed by atoms with E-state index in [0.29, 0.717) is 23.6 Å². The van der Waals surface area contributed by atoms with E-state index in [9.17, 15) is 0 Å². The summed E-state index contributed by atoms with van der Waals surface area (Å²) >= 11 is 1.67. The van der Waals surface area contributed by atoms with Crippen molar-refractivity contribution in [3.8, 4) is 0 Å². The largest absolute Gasteiger partial charge is 0.427 e. The fraction of sp³-hybridized carbons (Fsp3) is 0.545. The lowest BCUT2D eigenvalue weighted by Gasteiger charge is -2.22. The van der Waals surface area contributed by atoms with Gasteiger partial charge in [0.25, 0.3) is 0 Å². The standard InChI is InChI=1S/C22H30N4OS/c1-12(2)16-17(13(3)4)26-11-15(27-20(26)23-16)22(7,8)19-18(14(5)6)25-9-10-28-21(25)24-19/h9-14H,1-8H3. The predicted octanol–water partition coefficient (Wildman–Crippen LogP) is 6.33. The van der Waals surface area contributed by atoms with Gasteiger partial charge in [-0.3, -0.25) is 8.80 Å². The van der Waals surface area contributed by atoms with Crippen LogP contribution in [0.4, 0.5) is 0 Å². The quantitative estimate of drug-likeness (QED) is 0.394. The van der Waals surface area contributed by atoms with E-state index in [2.05, 4.69) is 82.0 Å². The van der Waals surface area contributed by atoms with E-state index in [-0.39, 0.29) is 5.41 Å². The minimum absolute atomic E-state index is 0.349. The van der Waals surface area contributed by atoms with Crippen LogP contribution in [0, 0.1) is 0 Å². The van der Waals surface area contributed by atoms with Crippen LogP contribution in [0.5, 0.6) is 0 Å². The Hall–Kier alpha value is -2.08. The van der Waals surface area contributed by atoms with Gasteiger partial charge in [0.05, 0.1) is 34.4 Å². The summed E-state index contributed by atoms with van der Waals surface area (Å²) < 4.78 is 10.7. The fourth-order valence-corrected chi connectivity index (χ4v) is 4.82. The lowest BCUT2D eigenvalue weighted by Crippen LogP contribution is -2.21. The number of rotatable bonds is 5. The van der Waals surface area contributed by atoms with Gasteiger partial charge in [-0.1, -0.05) is 41.5 Å². The average molecular weight is 399 g/mol. The van der Waals surface area contributed by atoms with E-state index < -0.39 is 0 Å². The van der Waals surface area contributed by atoms with Crippen molar-refractivity contribution in [2.45, 2.75) is 78.6 Å². The van der Waals surface area contributed by atoms with Crippen molar-refractivity contribution in [3.63, 3.8) is 0 Å². The Morgan fingerprint density at radius 3 is 2.21 bits per heavy atom. The zero-order valence-electron chi connectivity index (χ0n) is 18.1. The second kappa shape index (κ2) is 6.48. The third-order valence-corrected chi connectivity index (χ3v) is 6.30. The molecule has 4 rings (SSSR count). The first-order valence-corrected chi connectivity index (χ1v) is 11.0. The Bertz CT molecular complexity index is 1140. The summed E-state index contributed by atoms with van der Waals surface area (Å²) in [5.74, 6) is 2.71. The van der Waals surface area contributed by atoms with Gasteiger partial charge < -0.3 is 4.42 Å². The zero-order chi connectivity index (χ0) is 20.4. The molecule has 0 spiro atoms. The first-order chi connectivity index (χ1) is 13.1. The first-order valence-electron chi connectivity index (χ1n) is 10.1. The molecule has 0 saturated carbocycles. The van der Waals surface area contributed by atoms with Crippen molar-refractivity contribution in [3.05, 3.63) is 46.3 Å². The molecule has 0 aliphatic carbocycles. The third kappa shape index (κ3) is 2.72. The van der Waals surface area contributed by atoms with Crippen molar-refractivity contribution in [1.82, 2.24) is 18.8 Å². The minimum Gasteiger partial charge on any atom is -0.427 e. The van der Waals surface area contributed by atoms with Crippen molar-refractivity contribution >= 4 is 22.1 Å². The molecule has 150 valence electrons. The number of hydrogen-bond donors (Lipinski definition) is 0. The first kappa shape index (κ1) is 19.2. The second-order valence-electron chi connectivity index (χ2n) is 9.12. The molecule has 0 N–H and O–H groups in total. The molecule has 5 nitrogen and oxygen atoms in total. The molecule has 0 aliphatic rings.